The van der Waals surface area contributed by atoms with E-state index in [4.69, 9.17) is 5.11 Å². The predicted molar refractivity (Wildman–Crippen MR) is 66.5 cm³/mol. The molecular weight excluding hydrogens is 252 g/mol. The van der Waals surface area contributed by atoms with Crippen LogP contribution in [0.3, 0.4) is 0 Å². The summed E-state index contributed by atoms with van der Waals surface area (Å²) in [5.74, 6) is -0.865. The van der Waals surface area contributed by atoms with Crippen LogP contribution in [0.5, 0.6) is 0 Å². The summed E-state index contributed by atoms with van der Waals surface area (Å²) in [7, 11) is 1.66. The average molecular weight is 268 g/mol. The van der Waals surface area contributed by atoms with E-state index in [-0.39, 0.29) is 12.8 Å². The molecule has 0 fully saturated rings. The van der Waals surface area contributed by atoms with E-state index in [1.807, 2.05) is 0 Å². The van der Waals surface area contributed by atoms with E-state index in [1.165, 1.54) is 10.9 Å². The Morgan fingerprint density at radius 3 is 2.58 bits per heavy atom. The van der Waals surface area contributed by atoms with Gasteiger partial charge in [-0.15, -0.1) is 0 Å². The van der Waals surface area contributed by atoms with E-state index < -0.39 is 17.9 Å². The molecule has 19 heavy (non-hydrogen) atoms. The number of amides is 3. The van der Waals surface area contributed by atoms with Gasteiger partial charge in [-0.05, 0) is 12.8 Å². The fourth-order valence-electron chi connectivity index (χ4n) is 1.40. The van der Waals surface area contributed by atoms with Crippen LogP contribution in [-0.4, -0.2) is 32.8 Å². The lowest BCUT2D eigenvalue weighted by molar-refractivity contribution is -0.137. The number of rotatable bonds is 6. The van der Waals surface area contributed by atoms with Gasteiger partial charge in [-0.3, -0.25) is 24.9 Å². The van der Waals surface area contributed by atoms with Gasteiger partial charge < -0.3 is 5.11 Å². The van der Waals surface area contributed by atoms with Crippen molar-refractivity contribution in [2.45, 2.75) is 25.7 Å². The summed E-state index contributed by atoms with van der Waals surface area (Å²) >= 11 is 0. The number of aryl methyl sites for hydroxylation is 1. The van der Waals surface area contributed by atoms with Crippen LogP contribution in [-0.2, 0) is 16.6 Å². The maximum Gasteiger partial charge on any atom is 0.327 e. The topological polar surface area (TPSA) is 113 Å². The number of hydrogen-bond donors (Lipinski definition) is 3. The van der Waals surface area contributed by atoms with Gasteiger partial charge in [-0.2, -0.15) is 5.10 Å². The largest absolute Gasteiger partial charge is 0.481 e. The number of carboxylic acids is 1. The SMILES string of the molecule is Cn1nccc1NC(=O)NC(=O)CCCCC(=O)O. The van der Waals surface area contributed by atoms with Crippen molar-refractivity contribution in [3.05, 3.63) is 12.3 Å². The first-order chi connectivity index (χ1) is 8.99. The maximum absolute atomic E-state index is 11.4. The number of nitrogens with zero attached hydrogens (tertiary/aromatic N) is 2. The molecule has 1 rings (SSSR count). The molecule has 0 unspecified atom stereocenters. The van der Waals surface area contributed by atoms with E-state index in [0.29, 0.717) is 18.7 Å². The standard InChI is InChI=1S/C11H16N4O4/c1-15-8(6-7-12-15)13-11(19)14-9(16)4-2-3-5-10(17)18/h6-7H,2-5H2,1H3,(H,17,18)(H2,13,14,16,19). The van der Waals surface area contributed by atoms with Crippen LogP contribution >= 0.6 is 0 Å². The molecule has 1 aromatic heterocycles. The molecule has 8 heteroatoms. The molecular formula is C11H16N4O4. The van der Waals surface area contributed by atoms with Crippen molar-refractivity contribution in [3.8, 4) is 0 Å². The second kappa shape index (κ2) is 7.14. The highest BCUT2D eigenvalue weighted by Crippen LogP contribution is 2.03. The van der Waals surface area contributed by atoms with Gasteiger partial charge in [0.15, 0.2) is 0 Å². The number of carboxylic acid groups (broad SMARTS) is 1. The minimum Gasteiger partial charge on any atom is -0.481 e. The van der Waals surface area contributed by atoms with Crippen LogP contribution in [0.4, 0.5) is 10.6 Å². The molecule has 0 spiro atoms. The number of hydrogen-bond acceptors (Lipinski definition) is 4. The Labute approximate surface area is 109 Å². The van der Waals surface area contributed by atoms with Crippen LogP contribution in [0, 0.1) is 0 Å². The molecule has 1 aromatic rings. The minimum atomic E-state index is -0.894. The van der Waals surface area contributed by atoms with Gasteiger partial charge in [-0.1, -0.05) is 0 Å². The molecule has 0 aromatic carbocycles. The first-order valence-electron chi connectivity index (χ1n) is 5.79. The lowest BCUT2D eigenvalue weighted by Crippen LogP contribution is -2.34. The zero-order chi connectivity index (χ0) is 14.3. The lowest BCUT2D eigenvalue weighted by atomic mass is 10.2. The van der Waals surface area contributed by atoms with Gasteiger partial charge in [0.05, 0.1) is 6.20 Å². The van der Waals surface area contributed by atoms with Gasteiger partial charge in [0.25, 0.3) is 0 Å². The van der Waals surface area contributed by atoms with E-state index >= 15 is 0 Å². The number of imide groups is 1. The minimum absolute atomic E-state index is 0.0223. The molecule has 0 radical (unpaired) electrons. The van der Waals surface area contributed by atoms with E-state index in [1.54, 1.807) is 13.1 Å². The van der Waals surface area contributed by atoms with Gasteiger partial charge in [0.2, 0.25) is 5.91 Å². The first kappa shape index (κ1) is 14.7. The van der Waals surface area contributed by atoms with E-state index in [0.717, 1.165) is 0 Å². The molecule has 1 heterocycles. The number of aromatic nitrogens is 2. The summed E-state index contributed by atoms with van der Waals surface area (Å²) in [4.78, 5) is 33.1. The van der Waals surface area contributed by atoms with Crippen molar-refractivity contribution in [1.29, 1.82) is 0 Å². The zero-order valence-electron chi connectivity index (χ0n) is 10.5. The third kappa shape index (κ3) is 5.66. The Morgan fingerprint density at radius 2 is 2.00 bits per heavy atom. The molecule has 8 nitrogen and oxygen atoms in total. The van der Waals surface area contributed by atoms with E-state index in [2.05, 4.69) is 15.7 Å². The maximum atomic E-state index is 11.4. The third-order valence-electron chi connectivity index (χ3n) is 2.36. The van der Waals surface area contributed by atoms with Crippen molar-refractivity contribution in [2.24, 2.45) is 7.05 Å². The van der Waals surface area contributed by atoms with Crippen molar-refractivity contribution < 1.29 is 19.5 Å². The zero-order valence-corrected chi connectivity index (χ0v) is 10.5. The normalized spacial score (nSPS) is 9.95. The first-order valence-corrected chi connectivity index (χ1v) is 5.79. The van der Waals surface area contributed by atoms with Crippen LogP contribution in [0.25, 0.3) is 0 Å². The molecule has 0 saturated carbocycles. The van der Waals surface area contributed by atoms with Crippen molar-refractivity contribution in [2.75, 3.05) is 5.32 Å². The highest BCUT2D eigenvalue weighted by molar-refractivity contribution is 6.00. The van der Waals surface area contributed by atoms with Gasteiger partial charge >= 0.3 is 12.0 Å². The van der Waals surface area contributed by atoms with Gasteiger partial charge in [0, 0.05) is 26.0 Å². The smallest absolute Gasteiger partial charge is 0.327 e. The molecule has 0 bridgehead atoms. The summed E-state index contributed by atoms with van der Waals surface area (Å²) < 4.78 is 1.46. The summed E-state index contributed by atoms with van der Waals surface area (Å²) in [6, 6.07) is 0.962. The average Bonchev–Trinajstić information content (AvgIpc) is 2.70. The monoisotopic (exact) mass is 268 g/mol. The predicted octanol–water partition coefficient (Wildman–Crippen LogP) is 0.713. The molecule has 3 N–H and O–H groups in total. The number of anilines is 1. The Hall–Kier alpha value is -2.38. The fourth-order valence-corrected chi connectivity index (χ4v) is 1.40. The van der Waals surface area contributed by atoms with Crippen molar-refractivity contribution in [3.63, 3.8) is 0 Å². The molecule has 104 valence electrons. The Bertz CT molecular complexity index is 469. The molecule has 3 amide bonds. The number of unbranched alkanes of at least 4 members (excludes halogenated alkanes) is 1. The Balaban J connectivity index is 2.23. The number of aliphatic carboxylic acids is 1. The van der Waals surface area contributed by atoms with Crippen LogP contribution in [0.1, 0.15) is 25.7 Å². The van der Waals surface area contributed by atoms with Crippen molar-refractivity contribution >= 4 is 23.7 Å². The van der Waals surface area contributed by atoms with Crippen LogP contribution in [0.2, 0.25) is 0 Å². The Morgan fingerprint density at radius 1 is 1.32 bits per heavy atom. The lowest BCUT2D eigenvalue weighted by Gasteiger charge is -2.06. The summed E-state index contributed by atoms with van der Waals surface area (Å²) in [5.41, 5.74) is 0. The van der Waals surface area contributed by atoms with Gasteiger partial charge in [0.1, 0.15) is 5.82 Å². The van der Waals surface area contributed by atoms with E-state index in [9.17, 15) is 14.4 Å². The van der Waals surface area contributed by atoms with Crippen LogP contribution < -0.4 is 10.6 Å². The summed E-state index contributed by atoms with van der Waals surface area (Å²) in [6.45, 7) is 0. The summed E-state index contributed by atoms with van der Waals surface area (Å²) in [6.07, 6.45) is 2.49. The molecule has 0 aliphatic rings. The molecule has 0 atom stereocenters. The fraction of sp³-hybridized carbons (Fsp3) is 0.455. The number of carbonyl (C=O) groups is 3. The highest BCUT2D eigenvalue weighted by Gasteiger charge is 2.09. The molecule has 0 aliphatic heterocycles. The number of nitrogens with one attached hydrogen (secondary N) is 2. The van der Waals surface area contributed by atoms with Gasteiger partial charge in [-0.25, -0.2) is 4.79 Å². The van der Waals surface area contributed by atoms with Crippen LogP contribution in [0.15, 0.2) is 12.3 Å². The number of urea groups is 1. The summed E-state index contributed by atoms with van der Waals surface area (Å²) in [5, 5.41) is 16.9. The highest BCUT2D eigenvalue weighted by atomic mass is 16.4. The Kier molecular flexibility index (Phi) is 5.52. The second-order valence-electron chi connectivity index (χ2n) is 3.94. The quantitative estimate of drug-likeness (QED) is 0.658. The van der Waals surface area contributed by atoms with Crippen molar-refractivity contribution in [1.82, 2.24) is 15.1 Å². The molecule has 0 aliphatic carbocycles. The number of carbonyl (C=O) groups excluding carboxylic acids is 2. The second-order valence-corrected chi connectivity index (χ2v) is 3.94. The molecule has 0 saturated heterocycles. The third-order valence-corrected chi connectivity index (χ3v) is 2.36.